The third kappa shape index (κ3) is 3.89. The van der Waals surface area contributed by atoms with Crippen LogP contribution in [0, 0.1) is 0 Å². The molecule has 0 saturated heterocycles. The number of nitrogens with one attached hydrogen (secondary N) is 1. The van der Waals surface area contributed by atoms with Crippen LogP contribution >= 0.6 is 0 Å². The lowest BCUT2D eigenvalue weighted by Gasteiger charge is -2.34. The van der Waals surface area contributed by atoms with Gasteiger partial charge in [-0.25, -0.2) is 8.42 Å². The summed E-state index contributed by atoms with van der Waals surface area (Å²) in [6, 6.07) is 11.4. The Kier molecular flexibility index (Phi) is 5.72. The molecule has 1 atom stereocenters. The lowest BCUT2D eigenvalue weighted by atomic mass is 10.2. The fourth-order valence-electron chi connectivity index (χ4n) is 3.36. The smallest absolute Gasteiger partial charge is 0.264 e. The highest BCUT2D eigenvalue weighted by Gasteiger charge is 2.37. The van der Waals surface area contributed by atoms with E-state index in [1.54, 1.807) is 30.3 Å². The van der Waals surface area contributed by atoms with Crippen molar-refractivity contribution in [3.63, 3.8) is 0 Å². The van der Waals surface area contributed by atoms with Crippen LogP contribution in [0.15, 0.2) is 47.4 Å². The van der Waals surface area contributed by atoms with Gasteiger partial charge in [-0.15, -0.1) is 0 Å². The molecule has 8 nitrogen and oxygen atoms in total. The summed E-state index contributed by atoms with van der Waals surface area (Å²) in [4.78, 5) is 12.6. The van der Waals surface area contributed by atoms with Crippen LogP contribution in [0.3, 0.4) is 0 Å². The molecule has 0 fully saturated rings. The molecule has 0 radical (unpaired) electrons. The highest BCUT2D eigenvalue weighted by atomic mass is 32.2. The average Bonchev–Trinajstić information content (AvgIpc) is 3.01. The van der Waals surface area contributed by atoms with Gasteiger partial charge in [-0.3, -0.25) is 9.10 Å². The second kappa shape index (κ2) is 8.43. The van der Waals surface area contributed by atoms with Crippen LogP contribution in [-0.4, -0.2) is 46.7 Å². The molecule has 2 aliphatic rings. The number of hydrogen-bond donors (Lipinski definition) is 1. The van der Waals surface area contributed by atoms with E-state index in [0.29, 0.717) is 42.7 Å². The largest absolute Gasteiger partial charge is 0.490 e. The maximum Gasteiger partial charge on any atom is 0.264 e. The minimum Gasteiger partial charge on any atom is -0.490 e. The van der Waals surface area contributed by atoms with E-state index in [-0.39, 0.29) is 17.3 Å². The standard InChI is InChI=1S/C21H24N2O6S/c1-2-10-22-21(24)20-14-23(16-6-3-4-7-17(16)29-20)30(25,26)15-8-9-18-19(13-15)28-12-5-11-27-18/h3-4,6-9,13,20H,2,5,10-12,14H2,1H3,(H,22,24). The van der Waals surface area contributed by atoms with Gasteiger partial charge in [0.15, 0.2) is 17.6 Å². The van der Waals surface area contributed by atoms with Gasteiger partial charge in [0.2, 0.25) is 0 Å². The van der Waals surface area contributed by atoms with Crippen LogP contribution < -0.4 is 23.8 Å². The van der Waals surface area contributed by atoms with E-state index in [9.17, 15) is 13.2 Å². The molecule has 2 heterocycles. The first-order valence-electron chi connectivity index (χ1n) is 9.96. The van der Waals surface area contributed by atoms with Gasteiger partial charge in [-0.1, -0.05) is 19.1 Å². The predicted molar refractivity (Wildman–Crippen MR) is 111 cm³/mol. The number of ether oxygens (including phenoxy) is 3. The van der Waals surface area contributed by atoms with E-state index >= 15 is 0 Å². The minimum atomic E-state index is -3.97. The zero-order chi connectivity index (χ0) is 21.1. The van der Waals surface area contributed by atoms with Gasteiger partial charge < -0.3 is 19.5 Å². The minimum absolute atomic E-state index is 0.0659. The number of carbonyl (C=O) groups is 1. The van der Waals surface area contributed by atoms with Gasteiger partial charge in [0.05, 0.1) is 30.3 Å². The van der Waals surface area contributed by atoms with Gasteiger partial charge in [-0.05, 0) is 30.7 Å². The molecule has 1 amide bonds. The molecule has 9 heteroatoms. The maximum atomic E-state index is 13.5. The zero-order valence-corrected chi connectivity index (χ0v) is 17.5. The van der Waals surface area contributed by atoms with Crippen LogP contribution in [0.2, 0.25) is 0 Å². The number of amides is 1. The van der Waals surface area contributed by atoms with Crippen molar-refractivity contribution in [3.8, 4) is 17.2 Å². The van der Waals surface area contributed by atoms with Crippen LogP contribution in [0.25, 0.3) is 0 Å². The molecule has 0 aliphatic carbocycles. The number of anilines is 1. The summed E-state index contributed by atoms with van der Waals surface area (Å²) in [5.41, 5.74) is 0.393. The maximum absolute atomic E-state index is 13.5. The second-order valence-corrected chi connectivity index (χ2v) is 8.92. The molecule has 4 rings (SSSR count). The van der Waals surface area contributed by atoms with Crippen molar-refractivity contribution in [2.45, 2.75) is 30.8 Å². The first-order chi connectivity index (χ1) is 14.5. The number of para-hydroxylation sites is 2. The first-order valence-corrected chi connectivity index (χ1v) is 11.4. The SMILES string of the molecule is CCCNC(=O)C1CN(S(=O)(=O)c2ccc3c(c2)OCCCO3)c2ccccc2O1. The van der Waals surface area contributed by atoms with Crippen molar-refractivity contribution in [2.75, 3.05) is 30.6 Å². The van der Waals surface area contributed by atoms with Gasteiger partial charge in [0.25, 0.3) is 15.9 Å². The Labute approximate surface area is 175 Å². The molecule has 160 valence electrons. The van der Waals surface area contributed by atoms with E-state index in [1.807, 2.05) is 6.92 Å². The molecular formula is C21H24N2O6S. The van der Waals surface area contributed by atoms with E-state index in [1.165, 1.54) is 16.4 Å². The molecule has 0 spiro atoms. The monoisotopic (exact) mass is 432 g/mol. The lowest BCUT2D eigenvalue weighted by molar-refractivity contribution is -0.127. The van der Waals surface area contributed by atoms with Crippen LogP contribution in [-0.2, 0) is 14.8 Å². The number of rotatable bonds is 5. The van der Waals surface area contributed by atoms with E-state index in [0.717, 1.165) is 12.8 Å². The summed E-state index contributed by atoms with van der Waals surface area (Å²) in [5.74, 6) is 0.918. The lowest BCUT2D eigenvalue weighted by Crippen LogP contribution is -2.50. The summed E-state index contributed by atoms with van der Waals surface area (Å²) in [5, 5.41) is 2.77. The highest BCUT2D eigenvalue weighted by Crippen LogP contribution is 2.39. The fourth-order valence-corrected chi connectivity index (χ4v) is 4.85. The Bertz CT molecular complexity index is 1040. The van der Waals surface area contributed by atoms with E-state index < -0.39 is 16.1 Å². The van der Waals surface area contributed by atoms with Gasteiger partial charge >= 0.3 is 0 Å². The summed E-state index contributed by atoms with van der Waals surface area (Å²) >= 11 is 0. The summed E-state index contributed by atoms with van der Waals surface area (Å²) in [7, 11) is -3.97. The van der Waals surface area contributed by atoms with E-state index in [4.69, 9.17) is 14.2 Å². The van der Waals surface area contributed by atoms with Crippen molar-refractivity contribution in [3.05, 3.63) is 42.5 Å². The second-order valence-electron chi connectivity index (χ2n) is 7.06. The Morgan fingerprint density at radius 1 is 1.10 bits per heavy atom. The van der Waals surface area contributed by atoms with Crippen molar-refractivity contribution < 1.29 is 27.4 Å². The molecule has 2 aromatic rings. The van der Waals surface area contributed by atoms with Gasteiger partial charge in [0, 0.05) is 19.0 Å². The Hall–Kier alpha value is -2.94. The van der Waals surface area contributed by atoms with Crippen molar-refractivity contribution in [1.82, 2.24) is 5.32 Å². The Morgan fingerprint density at radius 3 is 2.67 bits per heavy atom. The molecule has 0 saturated carbocycles. The van der Waals surface area contributed by atoms with Gasteiger partial charge in [-0.2, -0.15) is 0 Å². The number of hydrogen-bond acceptors (Lipinski definition) is 6. The van der Waals surface area contributed by atoms with E-state index in [2.05, 4.69) is 5.32 Å². The van der Waals surface area contributed by atoms with Gasteiger partial charge in [0.1, 0.15) is 5.75 Å². The molecule has 2 aliphatic heterocycles. The molecule has 0 aromatic heterocycles. The molecule has 30 heavy (non-hydrogen) atoms. The number of carbonyl (C=O) groups excluding carboxylic acids is 1. The highest BCUT2D eigenvalue weighted by molar-refractivity contribution is 7.92. The number of benzene rings is 2. The Morgan fingerprint density at radius 2 is 1.87 bits per heavy atom. The first kappa shape index (κ1) is 20.3. The number of sulfonamides is 1. The molecule has 1 unspecified atom stereocenters. The molecule has 2 aromatic carbocycles. The van der Waals surface area contributed by atoms with Crippen LogP contribution in [0.5, 0.6) is 17.2 Å². The third-order valence-electron chi connectivity index (χ3n) is 4.88. The van der Waals surface area contributed by atoms with Crippen molar-refractivity contribution in [2.24, 2.45) is 0 Å². The third-order valence-corrected chi connectivity index (χ3v) is 6.66. The molecule has 0 bridgehead atoms. The number of fused-ring (bicyclic) bond motifs is 2. The summed E-state index contributed by atoms with van der Waals surface area (Å²) in [6.07, 6.45) is 0.554. The van der Waals surface area contributed by atoms with Crippen LogP contribution in [0.1, 0.15) is 19.8 Å². The molecular weight excluding hydrogens is 408 g/mol. The topological polar surface area (TPSA) is 94.2 Å². The van der Waals surface area contributed by atoms with Crippen LogP contribution in [0.4, 0.5) is 5.69 Å². The quantitative estimate of drug-likeness (QED) is 0.779. The number of nitrogens with zero attached hydrogens (tertiary/aromatic N) is 1. The molecule has 1 N–H and O–H groups in total. The zero-order valence-electron chi connectivity index (χ0n) is 16.7. The predicted octanol–water partition coefficient (Wildman–Crippen LogP) is 2.33. The fraction of sp³-hybridized carbons (Fsp3) is 0.381. The normalized spacial score (nSPS) is 18.0. The summed E-state index contributed by atoms with van der Waals surface area (Å²) < 4.78 is 45.4. The van der Waals surface area contributed by atoms with Crippen molar-refractivity contribution in [1.29, 1.82) is 0 Å². The Balaban J connectivity index is 1.70. The summed E-state index contributed by atoms with van der Waals surface area (Å²) in [6.45, 7) is 3.29. The average molecular weight is 432 g/mol. The van der Waals surface area contributed by atoms with Crippen molar-refractivity contribution >= 4 is 21.6 Å².